The summed E-state index contributed by atoms with van der Waals surface area (Å²) in [7, 11) is 0. The first-order valence-corrected chi connectivity index (χ1v) is 6.67. The molecular weight excluding hydrogens is 268 g/mol. The van der Waals surface area contributed by atoms with Crippen molar-refractivity contribution in [3.05, 3.63) is 27.4 Å². The zero-order chi connectivity index (χ0) is 14.0. The lowest BCUT2D eigenvalue weighted by molar-refractivity contribution is -0.384. The molecule has 0 radical (unpaired) electrons. The monoisotopic (exact) mass is 284 g/mol. The molecule has 2 atom stereocenters. The molecule has 1 fully saturated rings. The lowest BCUT2D eigenvalue weighted by Gasteiger charge is -2.35. The third-order valence-corrected chi connectivity index (χ3v) is 3.72. The molecule has 0 aromatic carbocycles. The third kappa shape index (κ3) is 3.13. The second kappa shape index (κ2) is 5.71. The van der Waals surface area contributed by atoms with E-state index in [9.17, 15) is 10.1 Å². The summed E-state index contributed by atoms with van der Waals surface area (Å²) in [5.41, 5.74) is 5.88. The molecule has 19 heavy (non-hydrogen) atoms. The van der Waals surface area contributed by atoms with Gasteiger partial charge in [-0.2, -0.15) is 0 Å². The van der Waals surface area contributed by atoms with E-state index in [1.807, 2.05) is 11.8 Å². The van der Waals surface area contributed by atoms with Crippen LogP contribution in [-0.4, -0.2) is 29.0 Å². The number of hydrogen-bond donors (Lipinski definition) is 1. The number of hydrogen-bond acceptors (Lipinski definition) is 5. The minimum absolute atomic E-state index is 0.0437. The highest BCUT2D eigenvalue weighted by atomic mass is 35.5. The van der Waals surface area contributed by atoms with E-state index in [0.717, 1.165) is 19.4 Å². The number of nitrogens with two attached hydrogens (primary N) is 1. The van der Waals surface area contributed by atoms with Gasteiger partial charge in [0, 0.05) is 31.4 Å². The van der Waals surface area contributed by atoms with Gasteiger partial charge < -0.3 is 10.6 Å². The van der Waals surface area contributed by atoms with Crippen molar-refractivity contribution in [3.63, 3.8) is 0 Å². The fourth-order valence-corrected chi connectivity index (χ4v) is 2.58. The third-order valence-electron chi connectivity index (χ3n) is 3.51. The lowest BCUT2D eigenvalue weighted by Crippen LogP contribution is -2.42. The number of rotatable bonds is 3. The van der Waals surface area contributed by atoms with Crippen molar-refractivity contribution in [1.82, 2.24) is 4.98 Å². The molecule has 2 heterocycles. The van der Waals surface area contributed by atoms with Gasteiger partial charge in [0.05, 0.1) is 9.95 Å². The molecule has 1 aliphatic rings. The number of anilines is 1. The Bertz CT molecular complexity index is 481. The molecule has 1 aromatic heterocycles. The van der Waals surface area contributed by atoms with Crippen LogP contribution in [0.2, 0.25) is 5.02 Å². The fraction of sp³-hybridized carbons (Fsp3) is 0.583. The highest BCUT2D eigenvalue weighted by molar-refractivity contribution is 6.30. The average Bonchev–Trinajstić information content (AvgIpc) is 2.38. The summed E-state index contributed by atoms with van der Waals surface area (Å²) in [5, 5.41) is 11.4. The molecular formula is C12H17ClN4O2. The van der Waals surface area contributed by atoms with Crippen LogP contribution in [-0.2, 0) is 0 Å². The number of nitro groups is 1. The molecule has 1 aliphatic heterocycles. The largest absolute Gasteiger partial charge is 0.351 e. The first kappa shape index (κ1) is 14.0. The fourth-order valence-electron chi connectivity index (χ4n) is 2.43. The Balaban J connectivity index is 2.28. The number of piperidine rings is 1. The molecule has 1 aromatic rings. The van der Waals surface area contributed by atoms with Crippen LogP contribution in [0.25, 0.3) is 0 Å². The van der Waals surface area contributed by atoms with Crippen LogP contribution in [0.1, 0.15) is 19.8 Å². The summed E-state index contributed by atoms with van der Waals surface area (Å²) in [6.45, 7) is 3.43. The molecule has 0 bridgehead atoms. The van der Waals surface area contributed by atoms with Crippen molar-refractivity contribution >= 4 is 23.1 Å². The van der Waals surface area contributed by atoms with Crippen molar-refractivity contribution < 1.29 is 4.92 Å². The van der Waals surface area contributed by atoms with Gasteiger partial charge in [0.1, 0.15) is 0 Å². The smallest absolute Gasteiger partial charge is 0.313 e. The molecule has 7 heteroatoms. The minimum Gasteiger partial charge on any atom is -0.351 e. The maximum absolute atomic E-state index is 11.1. The maximum Gasteiger partial charge on any atom is 0.313 e. The summed E-state index contributed by atoms with van der Waals surface area (Å²) >= 11 is 5.77. The highest BCUT2D eigenvalue weighted by Gasteiger charge is 2.28. The second-order valence-corrected chi connectivity index (χ2v) is 5.40. The van der Waals surface area contributed by atoms with Gasteiger partial charge >= 0.3 is 5.69 Å². The van der Waals surface area contributed by atoms with Crippen molar-refractivity contribution in [2.75, 3.05) is 18.0 Å². The number of nitrogens with zero attached hydrogens (tertiary/aromatic N) is 3. The van der Waals surface area contributed by atoms with Crippen LogP contribution in [0.15, 0.2) is 12.3 Å². The van der Waals surface area contributed by atoms with E-state index in [1.165, 1.54) is 12.3 Å². The van der Waals surface area contributed by atoms with Crippen LogP contribution in [0.5, 0.6) is 0 Å². The summed E-state index contributed by atoms with van der Waals surface area (Å²) in [5.74, 6) is 0.727. The highest BCUT2D eigenvalue weighted by Crippen LogP contribution is 2.31. The number of aromatic nitrogens is 1. The van der Waals surface area contributed by atoms with Crippen molar-refractivity contribution in [3.8, 4) is 0 Å². The first-order valence-electron chi connectivity index (χ1n) is 6.29. The van der Waals surface area contributed by atoms with Gasteiger partial charge in [0.15, 0.2) is 0 Å². The Morgan fingerprint density at radius 3 is 3.05 bits per heavy atom. The van der Waals surface area contributed by atoms with Gasteiger partial charge in [-0.15, -0.1) is 0 Å². The van der Waals surface area contributed by atoms with E-state index in [1.54, 1.807) is 0 Å². The predicted octanol–water partition coefficient (Wildman–Crippen LogP) is 2.21. The van der Waals surface area contributed by atoms with Gasteiger partial charge in [-0.1, -0.05) is 11.6 Å². The van der Waals surface area contributed by atoms with Crippen molar-refractivity contribution in [1.29, 1.82) is 0 Å². The van der Waals surface area contributed by atoms with E-state index >= 15 is 0 Å². The molecule has 0 saturated carbocycles. The van der Waals surface area contributed by atoms with E-state index < -0.39 is 4.92 Å². The average molecular weight is 285 g/mol. The Morgan fingerprint density at radius 2 is 2.42 bits per heavy atom. The van der Waals surface area contributed by atoms with Gasteiger partial charge in [-0.25, -0.2) is 4.98 Å². The predicted molar refractivity (Wildman–Crippen MR) is 74.5 cm³/mol. The Morgan fingerprint density at radius 1 is 1.68 bits per heavy atom. The molecule has 0 spiro atoms. The van der Waals surface area contributed by atoms with E-state index in [2.05, 4.69) is 4.98 Å². The molecule has 2 unspecified atom stereocenters. The van der Waals surface area contributed by atoms with E-state index in [0.29, 0.717) is 18.3 Å². The van der Waals surface area contributed by atoms with E-state index in [-0.39, 0.29) is 16.8 Å². The summed E-state index contributed by atoms with van der Waals surface area (Å²) < 4.78 is 0. The molecule has 0 amide bonds. The van der Waals surface area contributed by atoms with Gasteiger partial charge in [-0.3, -0.25) is 10.1 Å². The molecule has 6 nitrogen and oxygen atoms in total. The zero-order valence-electron chi connectivity index (χ0n) is 10.8. The molecule has 2 N–H and O–H groups in total. The van der Waals surface area contributed by atoms with Crippen LogP contribution >= 0.6 is 11.6 Å². The van der Waals surface area contributed by atoms with E-state index in [4.69, 9.17) is 17.3 Å². The van der Waals surface area contributed by atoms with Gasteiger partial charge in [-0.05, 0) is 25.7 Å². The first-order chi connectivity index (χ1) is 8.99. The maximum atomic E-state index is 11.1. The number of pyridine rings is 1. The lowest BCUT2D eigenvalue weighted by atomic mass is 9.92. The van der Waals surface area contributed by atoms with Crippen LogP contribution in [0.3, 0.4) is 0 Å². The summed E-state index contributed by atoms with van der Waals surface area (Å²) in [4.78, 5) is 16.7. The summed E-state index contributed by atoms with van der Waals surface area (Å²) in [6, 6.07) is 1.42. The normalized spacial score (nSPS) is 21.2. The van der Waals surface area contributed by atoms with Crippen molar-refractivity contribution in [2.24, 2.45) is 11.7 Å². The van der Waals surface area contributed by atoms with Crippen LogP contribution in [0, 0.1) is 16.0 Å². The molecule has 104 valence electrons. The van der Waals surface area contributed by atoms with Gasteiger partial charge in [0.2, 0.25) is 5.82 Å². The molecule has 1 saturated heterocycles. The minimum atomic E-state index is -0.441. The molecule has 2 rings (SSSR count). The quantitative estimate of drug-likeness (QED) is 0.679. The Hall–Kier alpha value is -1.40. The van der Waals surface area contributed by atoms with Crippen LogP contribution in [0.4, 0.5) is 11.5 Å². The van der Waals surface area contributed by atoms with Gasteiger partial charge in [0.25, 0.3) is 0 Å². The number of halogens is 1. The Labute approximate surface area is 116 Å². The Kier molecular flexibility index (Phi) is 4.21. The topological polar surface area (TPSA) is 85.3 Å². The van der Waals surface area contributed by atoms with Crippen molar-refractivity contribution in [2.45, 2.75) is 25.8 Å². The van der Waals surface area contributed by atoms with Crippen LogP contribution < -0.4 is 10.6 Å². The zero-order valence-corrected chi connectivity index (χ0v) is 11.5. The molecule has 0 aliphatic carbocycles. The second-order valence-electron chi connectivity index (χ2n) is 4.96. The standard InChI is InChI=1S/C12H17ClN4O2/c1-8(14)9-3-2-4-16(7-9)12-11(17(18)19)5-10(13)6-15-12/h5-6,8-9H,2-4,7,14H2,1H3. The SMILES string of the molecule is CC(N)C1CCCN(c2ncc(Cl)cc2[N+](=O)[O-])C1. The summed E-state index contributed by atoms with van der Waals surface area (Å²) in [6.07, 6.45) is 3.46.